The lowest BCUT2D eigenvalue weighted by Gasteiger charge is -2.24. The standard InChI is InChI=1S/C16H20N4O3/c21-14(18-12-7-10-8-13(12)23-15(22)17-10)16(4-5-16)20-6-3-11(19-20)9-1-2-9/h3,6,9-10,12-13H,1-2,4-5,7-8H2,(H,17,22)(H,18,21)/t10-,12-,13-/m1/s1. The van der Waals surface area contributed by atoms with Gasteiger partial charge in [-0.15, -0.1) is 0 Å². The summed E-state index contributed by atoms with van der Waals surface area (Å²) in [6.07, 6.45) is 6.95. The zero-order chi connectivity index (χ0) is 15.6. The van der Waals surface area contributed by atoms with Gasteiger partial charge >= 0.3 is 6.09 Å². The SMILES string of the molecule is O=C1N[C@@H]2C[C@@H](NC(=O)C3(n4ccc(C5CC5)n4)CC3)[C@@H](C2)O1. The van der Waals surface area contributed by atoms with Crippen molar-refractivity contribution in [2.75, 3.05) is 0 Å². The quantitative estimate of drug-likeness (QED) is 0.868. The smallest absolute Gasteiger partial charge is 0.407 e. The van der Waals surface area contributed by atoms with Gasteiger partial charge in [-0.05, 0) is 38.2 Å². The summed E-state index contributed by atoms with van der Waals surface area (Å²) in [6, 6.07) is 2.06. The Kier molecular flexibility index (Phi) is 2.61. The highest BCUT2D eigenvalue weighted by Gasteiger charge is 2.54. The summed E-state index contributed by atoms with van der Waals surface area (Å²) in [5.74, 6) is 0.603. The van der Waals surface area contributed by atoms with Crippen LogP contribution in [0.4, 0.5) is 4.79 Å². The molecule has 2 amide bonds. The Morgan fingerprint density at radius 3 is 2.96 bits per heavy atom. The molecule has 0 unspecified atom stereocenters. The molecule has 1 aliphatic heterocycles. The van der Waals surface area contributed by atoms with Gasteiger partial charge in [0.15, 0.2) is 0 Å². The summed E-state index contributed by atoms with van der Waals surface area (Å²) in [5.41, 5.74) is 0.584. The average molecular weight is 316 g/mol. The lowest BCUT2D eigenvalue weighted by molar-refractivity contribution is -0.127. The number of amides is 2. The van der Waals surface area contributed by atoms with Gasteiger partial charge in [0.05, 0.1) is 11.7 Å². The maximum Gasteiger partial charge on any atom is 0.407 e. The highest BCUT2D eigenvalue weighted by atomic mass is 16.6. The average Bonchev–Trinajstić information content (AvgIpc) is 3.44. The van der Waals surface area contributed by atoms with Gasteiger partial charge in [-0.25, -0.2) is 4.79 Å². The fraction of sp³-hybridized carbons (Fsp3) is 0.688. The first-order valence-electron chi connectivity index (χ1n) is 8.48. The number of aromatic nitrogens is 2. The summed E-state index contributed by atoms with van der Waals surface area (Å²) < 4.78 is 7.13. The van der Waals surface area contributed by atoms with E-state index >= 15 is 0 Å². The molecule has 0 aromatic carbocycles. The van der Waals surface area contributed by atoms with Gasteiger partial charge in [-0.2, -0.15) is 5.10 Å². The van der Waals surface area contributed by atoms with Crippen molar-refractivity contribution in [3.63, 3.8) is 0 Å². The van der Waals surface area contributed by atoms with Crippen molar-refractivity contribution < 1.29 is 14.3 Å². The zero-order valence-electron chi connectivity index (χ0n) is 12.8. The van der Waals surface area contributed by atoms with Crippen LogP contribution in [0.5, 0.6) is 0 Å². The van der Waals surface area contributed by atoms with Crippen LogP contribution < -0.4 is 10.6 Å². The second-order valence-electron chi connectivity index (χ2n) is 7.33. The van der Waals surface area contributed by atoms with Crippen LogP contribution in [0.1, 0.15) is 50.1 Å². The molecule has 7 nitrogen and oxygen atoms in total. The number of rotatable bonds is 4. The van der Waals surface area contributed by atoms with Crippen LogP contribution in [0.2, 0.25) is 0 Å². The first-order chi connectivity index (χ1) is 11.1. The molecule has 0 spiro atoms. The summed E-state index contributed by atoms with van der Waals surface area (Å²) in [7, 11) is 0. The third kappa shape index (κ3) is 2.13. The normalized spacial score (nSPS) is 33.7. The third-order valence-corrected chi connectivity index (χ3v) is 5.59. The Hall–Kier alpha value is -2.05. The second-order valence-corrected chi connectivity index (χ2v) is 7.33. The molecule has 1 saturated heterocycles. The van der Waals surface area contributed by atoms with Crippen LogP contribution in [-0.4, -0.2) is 40.0 Å². The number of nitrogens with one attached hydrogen (secondary N) is 2. The maximum absolute atomic E-state index is 12.8. The maximum atomic E-state index is 12.8. The van der Waals surface area contributed by atoms with Gasteiger partial charge < -0.3 is 15.4 Å². The minimum Gasteiger partial charge on any atom is -0.444 e. The van der Waals surface area contributed by atoms with E-state index in [9.17, 15) is 9.59 Å². The number of carbonyl (C=O) groups excluding carboxylic acids is 2. The number of nitrogens with zero attached hydrogens (tertiary/aromatic N) is 2. The first kappa shape index (κ1) is 13.4. The Bertz CT molecular complexity index is 677. The molecule has 1 aromatic heterocycles. The molecule has 2 bridgehead atoms. The van der Waals surface area contributed by atoms with E-state index in [0.29, 0.717) is 5.92 Å². The highest BCUT2D eigenvalue weighted by Crippen LogP contribution is 2.45. The van der Waals surface area contributed by atoms with E-state index in [1.54, 1.807) is 0 Å². The second kappa shape index (κ2) is 4.49. The number of fused-ring (bicyclic) bond motifs is 2. The van der Waals surface area contributed by atoms with Gasteiger partial charge in [0, 0.05) is 24.6 Å². The predicted octanol–water partition coefficient (Wildman–Crippen LogP) is 1.01. The molecule has 5 rings (SSSR count). The Morgan fingerprint density at radius 2 is 2.22 bits per heavy atom. The molecule has 3 atom stereocenters. The molecule has 4 fully saturated rings. The largest absolute Gasteiger partial charge is 0.444 e. The minimum absolute atomic E-state index is 0.0107. The molecule has 2 N–H and O–H groups in total. The molecule has 3 aliphatic carbocycles. The molecule has 23 heavy (non-hydrogen) atoms. The number of hydrogen-bond donors (Lipinski definition) is 2. The summed E-state index contributed by atoms with van der Waals surface area (Å²) in [6.45, 7) is 0. The van der Waals surface area contributed by atoms with Gasteiger partial charge in [0.2, 0.25) is 5.91 Å². The van der Waals surface area contributed by atoms with Crippen molar-refractivity contribution in [1.82, 2.24) is 20.4 Å². The molecule has 2 heterocycles. The van der Waals surface area contributed by atoms with Crippen LogP contribution in [0, 0.1) is 0 Å². The van der Waals surface area contributed by atoms with Crippen molar-refractivity contribution in [1.29, 1.82) is 0 Å². The summed E-state index contributed by atoms with van der Waals surface area (Å²) >= 11 is 0. The fourth-order valence-corrected chi connectivity index (χ4v) is 3.89. The first-order valence-corrected chi connectivity index (χ1v) is 8.48. The number of alkyl carbamates (subject to hydrolysis) is 1. The van der Waals surface area contributed by atoms with Crippen LogP contribution >= 0.6 is 0 Å². The van der Waals surface area contributed by atoms with E-state index < -0.39 is 5.54 Å². The highest BCUT2D eigenvalue weighted by molar-refractivity contribution is 5.87. The van der Waals surface area contributed by atoms with Crippen molar-refractivity contribution in [3.05, 3.63) is 18.0 Å². The molecular formula is C16H20N4O3. The van der Waals surface area contributed by atoms with Crippen molar-refractivity contribution >= 4 is 12.0 Å². The summed E-state index contributed by atoms with van der Waals surface area (Å²) in [5, 5.41) is 10.5. The Balaban J connectivity index is 1.31. The molecule has 1 aromatic rings. The van der Waals surface area contributed by atoms with E-state index in [2.05, 4.69) is 15.7 Å². The van der Waals surface area contributed by atoms with E-state index in [4.69, 9.17) is 4.74 Å². The monoisotopic (exact) mass is 316 g/mol. The van der Waals surface area contributed by atoms with Gasteiger partial charge in [-0.1, -0.05) is 0 Å². The topological polar surface area (TPSA) is 85.3 Å². The Labute approximate surface area is 133 Å². The van der Waals surface area contributed by atoms with Crippen molar-refractivity contribution in [3.8, 4) is 0 Å². The Morgan fingerprint density at radius 1 is 1.39 bits per heavy atom. The van der Waals surface area contributed by atoms with Crippen LogP contribution in [0.3, 0.4) is 0 Å². The lowest BCUT2D eigenvalue weighted by Crippen LogP contribution is -2.48. The predicted molar refractivity (Wildman–Crippen MR) is 79.8 cm³/mol. The van der Waals surface area contributed by atoms with E-state index in [0.717, 1.165) is 31.4 Å². The lowest BCUT2D eigenvalue weighted by atomic mass is 10.1. The molecule has 3 saturated carbocycles. The van der Waals surface area contributed by atoms with Gasteiger partial charge in [0.25, 0.3) is 0 Å². The number of hydrogen-bond acceptors (Lipinski definition) is 4. The number of carbonyl (C=O) groups is 2. The van der Waals surface area contributed by atoms with Crippen LogP contribution in [0.25, 0.3) is 0 Å². The van der Waals surface area contributed by atoms with Crippen molar-refractivity contribution in [2.45, 2.75) is 68.2 Å². The zero-order valence-corrected chi connectivity index (χ0v) is 12.8. The van der Waals surface area contributed by atoms with Gasteiger partial charge in [-0.3, -0.25) is 9.48 Å². The van der Waals surface area contributed by atoms with E-state index in [1.807, 2.05) is 16.9 Å². The molecule has 7 heteroatoms. The fourth-order valence-electron chi connectivity index (χ4n) is 3.89. The van der Waals surface area contributed by atoms with Crippen LogP contribution in [0.15, 0.2) is 12.3 Å². The van der Waals surface area contributed by atoms with E-state index in [-0.39, 0.29) is 30.2 Å². The van der Waals surface area contributed by atoms with Crippen LogP contribution in [-0.2, 0) is 15.1 Å². The molecular weight excluding hydrogens is 296 g/mol. The minimum atomic E-state index is -0.527. The summed E-state index contributed by atoms with van der Waals surface area (Å²) in [4.78, 5) is 24.2. The van der Waals surface area contributed by atoms with Gasteiger partial charge in [0.1, 0.15) is 11.6 Å². The molecule has 4 aliphatic rings. The number of ether oxygens (including phenoxy) is 1. The van der Waals surface area contributed by atoms with Crippen molar-refractivity contribution in [2.24, 2.45) is 0 Å². The van der Waals surface area contributed by atoms with E-state index in [1.165, 1.54) is 12.8 Å². The molecule has 122 valence electrons. The molecule has 0 radical (unpaired) electrons. The third-order valence-electron chi connectivity index (χ3n) is 5.59.